The summed E-state index contributed by atoms with van der Waals surface area (Å²) in [7, 11) is 0. The van der Waals surface area contributed by atoms with E-state index in [0.717, 1.165) is 0 Å². The van der Waals surface area contributed by atoms with Crippen molar-refractivity contribution in [2.24, 2.45) is 5.29 Å². The fourth-order valence-electron chi connectivity index (χ4n) is 0.838. The number of hydrogen-bond donors (Lipinski definition) is 2. The molecule has 0 aromatic heterocycles. The summed E-state index contributed by atoms with van der Waals surface area (Å²) in [6, 6.07) is -5.02. The van der Waals surface area contributed by atoms with E-state index in [4.69, 9.17) is 23.9 Å². The summed E-state index contributed by atoms with van der Waals surface area (Å²) in [6.07, 6.45) is -17.0. The molecule has 7 heteroatoms. The molecule has 2 amide bonds. The van der Waals surface area contributed by atoms with Crippen LogP contribution in [-0.2, 0) is 0 Å². The van der Waals surface area contributed by atoms with Gasteiger partial charge in [0.25, 0.3) is 0 Å². The molecule has 0 aromatic rings. The third-order valence-corrected chi connectivity index (χ3v) is 1.70. The van der Waals surface area contributed by atoms with Gasteiger partial charge in [0.1, 0.15) is 0 Å². The highest BCUT2D eigenvalue weighted by Crippen LogP contribution is 2.18. The quantitative estimate of drug-likeness (QED) is 0.452. The number of aliphatic hydroxyl groups is 1. The predicted molar refractivity (Wildman–Crippen MR) is 60.0 cm³/mol. The van der Waals surface area contributed by atoms with Gasteiger partial charge in [-0.05, 0) is 25.5 Å². The minimum absolute atomic E-state index is 0.130. The van der Waals surface area contributed by atoms with E-state index in [1.807, 2.05) is 0 Å². The topological polar surface area (TPSA) is 82.0 Å². The van der Waals surface area contributed by atoms with Gasteiger partial charge in [-0.1, -0.05) is 0 Å². The van der Waals surface area contributed by atoms with Gasteiger partial charge >= 0.3 is 6.03 Å². The second-order valence-electron chi connectivity index (χ2n) is 2.62. The van der Waals surface area contributed by atoms with Gasteiger partial charge in [0.05, 0.1) is 20.7 Å². The average Bonchev–Trinajstić information content (AvgIpc) is 2.49. The van der Waals surface area contributed by atoms with Crippen LogP contribution in [0.15, 0.2) is 5.29 Å². The molecular weight excluding hydrogens is 234 g/mol. The minimum Gasteiger partial charge on any atom is -0.393 e. The van der Waals surface area contributed by atoms with E-state index in [0.29, 0.717) is 0 Å². The Balaban J connectivity index is 3.48. The first-order valence-corrected chi connectivity index (χ1v) is 4.73. The lowest BCUT2D eigenvalue weighted by Gasteiger charge is -2.27. The number of nitroso groups, excluding NO2 is 1. The van der Waals surface area contributed by atoms with Crippen molar-refractivity contribution >= 4 is 17.6 Å². The molecule has 0 heterocycles. The molecule has 0 spiro atoms. The van der Waals surface area contributed by atoms with Crippen molar-refractivity contribution in [3.8, 4) is 0 Å². The first-order chi connectivity index (χ1) is 11.1. The van der Waals surface area contributed by atoms with Crippen molar-refractivity contribution in [3.63, 3.8) is 0 Å². The van der Waals surface area contributed by atoms with Gasteiger partial charge in [-0.2, -0.15) is 5.01 Å². The normalized spacial score (nSPS) is 56.4. The number of urea groups is 1. The molecule has 0 saturated heterocycles. The first kappa shape index (κ1) is 5.18. The Morgan fingerprint density at radius 3 is 3.06 bits per heavy atom. The van der Waals surface area contributed by atoms with E-state index >= 15 is 0 Å². The number of carbonyl (C=O) groups is 1. The molecule has 0 aliphatic heterocycles. The van der Waals surface area contributed by atoms with Gasteiger partial charge in [0.15, 0.2) is 0 Å². The van der Waals surface area contributed by atoms with Gasteiger partial charge < -0.3 is 10.4 Å². The van der Waals surface area contributed by atoms with E-state index in [2.05, 4.69) is 5.29 Å². The first-order valence-electron chi connectivity index (χ1n) is 8.77. The number of hydrogen-bond acceptors (Lipinski definition) is 4. The number of nitrogens with one attached hydrogen (secondary N) is 1. The zero-order valence-electron chi connectivity index (χ0n) is 17.0. The highest BCUT2D eigenvalue weighted by molar-refractivity contribution is 6.18. The molecule has 0 radical (unpaired) electrons. The van der Waals surface area contributed by atoms with Crippen LogP contribution < -0.4 is 5.32 Å². The number of alkyl halides is 1. The molecule has 2 N–H and O–H groups in total. The van der Waals surface area contributed by atoms with Crippen molar-refractivity contribution in [2.45, 2.75) is 37.6 Å². The lowest BCUT2D eigenvalue weighted by atomic mass is 9.93. The van der Waals surface area contributed by atoms with E-state index in [1.54, 1.807) is 0 Å². The monoisotopic (exact) mass is 258 g/mol. The molecule has 1 unspecified atom stereocenters. The molecule has 1 rings (SSSR count). The van der Waals surface area contributed by atoms with Gasteiger partial charge in [0, 0.05) is 21.5 Å². The lowest BCUT2D eigenvalue weighted by Crippen LogP contribution is -2.44. The maximum atomic E-state index is 12.0. The number of halogens is 1. The molecule has 1 saturated carbocycles. The van der Waals surface area contributed by atoms with Crippen molar-refractivity contribution in [1.82, 2.24) is 10.3 Å². The Kier molecular flexibility index (Phi) is 2.15. The SMILES string of the molecule is [2H]C1C([2H])([2H])[C@@]([2H])(NC(=O)N(CCCl)N=O)C([2H])([2H])C([2H])([2H])[C@]1([2H])O. The molecule has 3 atom stereocenters. The van der Waals surface area contributed by atoms with Crippen LogP contribution in [0.5, 0.6) is 0 Å². The smallest absolute Gasteiger partial charge is 0.340 e. The molecule has 6 nitrogen and oxygen atoms in total. The number of rotatable bonds is 4. The fourth-order valence-corrected chi connectivity index (χ4v) is 0.998. The highest BCUT2D eigenvalue weighted by atomic mass is 35.5. The molecule has 0 bridgehead atoms. The van der Waals surface area contributed by atoms with Crippen LogP contribution in [0.1, 0.15) is 37.9 Å². The van der Waals surface area contributed by atoms with Crippen LogP contribution in [0.25, 0.3) is 0 Å². The van der Waals surface area contributed by atoms with Gasteiger partial charge in [-0.15, -0.1) is 16.5 Å². The maximum absolute atomic E-state index is 12.0. The van der Waals surface area contributed by atoms with Crippen LogP contribution >= 0.6 is 11.6 Å². The van der Waals surface area contributed by atoms with Gasteiger partial charge in [-0.3, -0.25) is 0 Å². The van der Waals surface area contributed by atoms with Crippen molar-refractivity contribution in [2.75, 3.05) is 12.4 Å². The van der Waals surface area contributed by atoms with E-state index < -0.39 is 50.2 Å². The zero-order chi connectivity index (χ0) is 20.1. The molecule has 1 aliphatic carbocycles. The molecule has 1 fully saturated rings. The summed E-state index contributed by atoms with van der Waals surface area (Å²) in [6.45, 7) is -0.460. The molecule has 92 valence electrons. The third-order valence-electron chi connectivity index (χ3n) is 1.53. The summed E-state index contributed by atoms with van der Waals surface area (Å²) >= 11 is 5.35. The van der Waals surface area contributed by atoms with Gasteiger partial charge in [0.2, 0.25) is 0 Å². The van der Waals surface area contributed by atoms with E-state index in [1.165, 1.54) is 5.32 Å². The standard InChI is InChI=1S/C9H16ClN3O3/c10-5-6-13(12-16)9(15)11-7-1-3-8(14)4-2-7/h7-8,14H,1-6H2,(H,11,15)/t7-,8-/i1D2,2D2,3D,4D2,7D,8D/t3?,7-,8-/m1/s1. The minimum atomic E-state index is -3.68. The summed E-state index contributed by atoms with van der Waals surface area (Å²) < 4.78 is 69.8. The number of amides is 2. The Hall–Kier alpha value is -0.880. The molecular formula is C9H16ClN3O3. The Labute approximate surface area is 112 Å². The largest absolute Gasteiger partial charge is 0.393 e. The summed E-state index contributed by atoms with van der Waals surface area (Å²) in [5.74, 6) is -0.266. The summed E-state index contributed by atoms with van der Waals surface area (Å²) in [4.78, 5) is 22.6. The summed E-state index contributed by atoms with van der Waals surface area (Å²) in [5.41, 5.74) is 0. The van der Waals surface area contributed by atoms with Crippen molar-refractivity contribution in [3.05, 3.63) is 4.91 Å². The van der Waals surface area contributed by atoms with Crippen LogP contribution in [0.2, 0.25) is 0 Å². The molecule has 1 aliphatic rings. The summed E-state index contributed by atoms with van der Waals surface area (Å²) in [5, 5.41) is 13.8. The Bertz CT molecular complexity index is 564. The maximum Gasteiger partial charge on any atom is 0.340 e. The number of carbonyl (C=O) groups excluding carboxylic acids is 1. The van der Waals surface area contributed by atoms with E-state index in [-0.39, 0.29) is 10.9 Å². The van der Waals surface area contributed by atoms with Crippen LogP contribution in [0.3, 0.4) is 0 Å². The van der Waals surface area contributed by atoms with Crippen molar-refractivity contribution in [1.29, 1.82) is 0 Å². The second-order valence-corrected chi connectivity index (χ2v) is 3.00. The lowest BCUT2D eigenvalue weighted by molar-refractivity contribution is 0.115. The Morgan fingerprint density at radius 2 is 2.44 bits per heavy atom. The zero-order valence-corrected chi connectivity index (χ0v) is 8.78. The molecule has 0 aromatic carbocycles. The van der Waals surface area contributed by atoms with Crippen LogP contribution in [-0.4, -0.2) is 40.7 Å². The molecule has 16 heavy (non-hydrogen) atoms. The highest BCUT2D eigenvalue weighted by Gasteiger charge is 2.23. The van der Waals surface area contributed by atoms with Crippen LogP contribution in [0.4, 0.5) is 4.79 Å². The number of nitrogens with zero attached hydrogens (tertiary/aromatic N) is 2. The fraction of sp³-hybridized carbons (Fsp3) is 0.889. The van der Waals surface area contributed by atoms with Crippen molar-refractivity contribution < 1.29 is 22.2 Å². The van der Waals surface area contributed by atoms with Crippen LogP contribution in [0, 0.1) is 4.91 Å². The van der Waals surface area contributed by atoms with E-state index in [9.17, 15) is 14.8 Å². The Morgan fingerprint density at radius 1 is 1.69 bits per heavy atom. The van der Waals surface area contributed by atoms with Gasteiger partial charge in [-0.25, -0.2) is 4.79 Å². The third kappa shape index (κ3) is 3.94. The predicted octanol–water partition coefficient (Wildman–Crippen LogP) is 1.22. The average molecular weight is 259 g/mol. The second kappa shape index (κ2) is 6.65.